The minimum absolute atomic E-state index is 0.0406. The van der Waals surface area contributed by atoms with Gasteiger partial charge < -0.3 is 14.6 Å². The fourth-order valence-electron chi connectivity index (χ4n) is 6.57. The van der Waals surface area contributed by atoms with Crippen molar-refractivity contribution >= 4 is 6.09 Å². The zero-order valence-electron chi connectivity index (χ0n) is 25.6. The Morgan fingerprint density at radius 1 is 0.895 bits per heavy atom. The number of rotatable bonds is 20. The number of hydrogen-bond acceptors (Lipinski definition) is 3. The van der Waals surface area contributed by atoms with E-state index in [1.807, 2.05) is 0 Å². The van der Waals surface area contributed by atoms with Crippen molar-refractivity contribution in [2.24, 2.45) is 5.92 Å². The molecule has 1 heterocycles. The van der Waals surface area contributed by atoms with E-state index in [0.717, 1.165) is 50.5 Å². The fraction of sp³-hybridized carbons (Fsp3) is 0.909. The smallest absolute Gasteiger partial charge is 0.435 e. The van der Waals surface area contributed by atoms with E-state index in [1.165, 1.54) is 83.5 Å². The molecule has 222 valence electrons. The van der Waals surface area contributed by atoms with E-state index >= 15 is 0 Å². The van der Waals surface area contributed by atoms with Crippen LogP contribution in [-0.2, 0) is 9.47 Å². The van der Waals surface area contributed by atoms with Crippen LogP contribution in [0.15, 0.2) is 11.6 Å². The van der Waals surface area contributed by atoms with E-state index in [-0.39, 0.29) is 22.5 Å². The van der Waals surface area contributed by atoms with Gasteiger partial charge in [0.25, 0.3) is 0 Å². The molecule has 5 heteroatoms. The van der Waals surface area contributed by atoms with Crippen LogP contribution in [0.25, 0.3) is 0 Å². The van der Waals surface area contributed by atoms with E-state index in [1.54, 1.807) is 0 Å². The highest BCUT2D eigenvalue weighted by Crippen LogP contribution is 2.36. The van der Waals surface area contributed by atoms with Crippen molar-refractivity contribution in [3.05, 3.63) is 11.6 Å². The molecular weight excluding hydrogens is 474 g/mol. The second-order valence-corrected chi connectivity index (χ2v) is 12.6. The predicted molar refractivity (Wildman–Crippen MR) is 158 cm³/mol. The van der Waals surface area contributed by atoms with E-state index in [0.29, 0.717) is 13.2 Å². The lowest BCUT2D eigenvalue weighted by Gasteiger charge is -2.48. The van der Waals surface area contributed by atoms with Crippen LogP contribution in [0.4, 0.5) is 4.79 Å². The van der Waals surface area contributed by atoms with Crippen molar-refractivity contribution in [3.8, 4) is 0 Å². The van der Waals surface area contributed by atoms with E-state index in [4.69, 9.17) is 9.47 Å². The molecule has 0 saturated heterocycles. The number of nitrogens with zero attached hydrogens (tertiary/aromatic N) is 1. The van der Waals surface area contributed by atoms with Gasteiger partial charge in [-0.15, -0.1) is 0 Å². The second kappa shape index (κ2) is 19.2. The third kappa shape index (κ3) is 11.3. The van der Waals surface area contributed by atoms with Crippen LogP contribution in [0.5, 0.6) is 0 Å². The van der Waals surface area contributed by atoms with Crippen LogP contribution in [-0.4, -0.2) is 47.4 Å². The Labute approximate surface area is 235 Å². The lowest BCUT2D eigenvalue weighted by Crippen LogP contribution is -2.69. The molecule has 0 aromatic heterocycles. The van der Waals surface area contributed by atoms with Crippen LogP contribution >= 0.6 is 0 Å². The molecule has 0 aromatic rings. The summed E-state index contributed by atoms with van der Waals surface area (Å²) < 4.78 is 12.9. The van der Waals surface area contributed by atoms with Crippen LogP contribution in [0.3, 0.4) is 0 Å². The van der Waals surface area contributed by atoms with Crippen LogP contribution in [0, 0.1) is 5.92 Å². The van der Waals surface area contributed by atoms with Gasteiger partial charge in [-0.3, -0.25) is 0 Å². The average Bonchev–Trinajstić information content (AvgIpc) is 2.90. The SMILES string of the molecule is CCCCCCCCCCCCCCCCOC(OC1CCCCC1)[N+]1(C(=O)O)CC(C)=CCC1C(C)C. The molecule has 38 heavy (non-hydrogen) atoms. The highest BCUT2D eigenvalue weighted by molar-refractivity contribution is 5.57. The Bertz CT molecular complexity index is 657. The molecule has 1 fully saturated rings. The summed E-state index contributed by atoms with van der Waals surface area (Å²) in [4.78, 5) is 13.0. The van der Waals surface area contributed by atoms with Gasteiger partial charge in [-0.25, -0.2) is 0 Å². The highest BCUT2D eigenvalue weighted by Gasteiger charge is 2.55. The predicted octanol–water partition coefficient (Wildman–Crippen LogP) is 9.99. The maximum absolute atomic E-state index is 13.0. The first-order valence-corrected chi connectivity index (χ1v) is 16.5. The molecule has 0 radical (unpaired) electrons. The largest absolute Gasteiger partial charge is 0.518 e. The topological polar surface area (TPSA) is 55.8 Å². The van der Waals surface area contributed by atoms with Gasteiger partial charge in [0, 0.05) is 12.3 Å². The zero-order valence-corrected chi connectivity index (χ0v) is 25.6. The molecule has 0 bridgehead atoms. The van der Waals surface area contributed by atoms with Gasteiger partial charge in [0.15, 0.2) is 0 Å². The van der Waals surface area contributed by atoms with Gasteiger partial charge in [0.05, 0.1) is 12.7 Å². The molecule has 1 N–H and O–H groups in total. The average molecular weight is 537 g/mol. The van der Waals surface area contributed by atoms with Crippen molar-refractivity contribution in [3.63, 3.8) is 0 Å². The minimum Gasteiger partial charge on any atom is -0.435 e. The number of carboxylic acid groups (broad SMARTS) is 1. The first-order chi connectivity index (χ1) is 18.4. The van der Waals surface area contributed by atoms with Crippen LogP contribution in [0.1, 0.15) is 156 Å². The molecule has 1 aliphatic carbocycles. The van der Waals surface area contributed by atoms with Gasteiger partial charge in [-0.1, -0.05) is 130 Å². The lowest BCUT2D eigenvalue weighted by atomic mass is 9.91. The second-order valence-electron chi connectivity index (χ2n) is 12.6. The number of unbranched alkanes of at least 4 members (excludes halogenated alkanes) is 13. The summed E-state index contributed by atoms with van der Waals surface area (Å²) in [6, 6.07) is -0.0406. The molecule has 1 aliphatic heterocycles. The number of quaternary nitrogens is 1. The molecule has 3 unspecified atom stereocenters. The lowest BCUT2D eigenvalue weighted by molar-refractivity contribution is -0.955. The Kier molecular flexibility index (Phi) is 16.8. The first kappa shape index (κ1) is 33.3. The highest BCUT2D eigenvalue weighted by atomic mass is 16.7. The normalized spacial score (nSPS) is 23.5. The molecule has 3 atom stereocenters. The summed E-state index contributed by atoms with van der Waals surface area (Å²) in [6.45, 7) is 9.66. The summed E-state index contributed by atoms with van der Waals surface area (Å²) in [7, 11) is 0. The van der Waals surface area contributed by atoms with Crippen molar-refractivity contribution in [2.75, 3.05) is 13.2 Å². The molecule has 5 nitrogen and oxygen atoms in total. The molecule has 0 aromatic carbocycles. The third-order valence-electron chi connectivity index (χ3n) is 8.93. The summed E-state index contributed by atoms with van der Waals surface area (Å²) in [6.07, 6.45) is 25.7. The van der Waals surface area contributed by atoms with Crippen molar-refractivity contribution in [1.29, 1.82) is 0 Å². The molecule has 2 aliphatic rings. The van der Waals surface area contributed by atoms with Gasteiger partial charge in [-0.2, -0.15) is 9.28 Å². The Morgan fingerprint density at radius 3 is 1.92 bits per heavy atom. The number of hydrogen-bond donors (Lipinski definition) is 1. The molecular formula is C33H62NO4+. The van der Waals surface area contributed by atoms with Crippen molar-refractivity contribution in [2.45, 2.75) is 175 Å². The molecule has 1 amide bonds. The van der Waals surface area contributed by atoms with E-state index in [9.17, 15) is 9.90 Å². The summed E-state index contributed by atoms with van der Waals surface area (Å²) in [5.74, 6) is 0.234. The van der Waals surface area contributed by atoms with Gasteiger partial charge in [0.2, 0.25) is 0 Å². The number of carbonyl (C=O) groups is 1. The first-order valence-electron chi connectivity index (χ1n) is 16.5. The Hall–Kier alpha value is -0.910. The zero-order chi connectivity index (χ0) is 27.6. The molecule has 0 spiro atoms. The van der Waals surface area contributed by atoms with E-state index < -0.39 is 12.5 Å². The van der Waals surface area contributed by atoms with Gasteiger partial charge in [-0.05, 0) is 31.8 Å². The van der Waals surface area contributed by atoms with Gasteiger partial charge >= 0.3 is 12.5 Å². The minimum atomic E-state index is -0.807. The van der Waals surface area contributed by atoms with Crippen molar-refractivity contribution < 1.29 is 23.9 Å². The number of ether oxygens (including phenoxy) is 2. The quantitative estimate of drug-likeness (QED) is 0.0728. The Balaban J connectivity index is 1.77. The van der Waals surface area contributed by atoms with Gasteiger partial charge in [0.1, 0.15) is 12.6 Å². The van der Waals surface area contributed by atoms with E-state index in [2.05, 4.69) is 33.8 Å². The van der Waals surface area contributed by atoms with Crippen molar-refractivity contribution in [1.82, 2.24) is 0 Å². The summed E-state index contributed by atoms with van der Waals surface area (Å²) in [5.41, 5.74) is 1.13. The molecule has 2 rings (SSSR count). The summed E-state index contributed by atoms with van der Waals surface area (Å²) in [5, 5.41) is 10.6. The standard InChI is InChI=1S/C33H61NO4/c1-5-6-7-8-9-10-11-12-13-14-15-16-17-21-26-37-33(38-30-22-19-18-20-23-30)34(32(35)36)27-29(4)24-25-31(34)28(2)3/h24,28,30-31,33H,5-23,25-27H2,1-4H3/p+1. The maximum atomic E-state index is 13.0. The maximum Gasteiger partial charge on any atom is 0.518 e. The van der Waals surface area contributed by atoms with Crippen LogP contribution in [0.2, 0.25) is 0 Å². The fourth-order valence-corrected chi connectivity index (χ4v) is 6.57. The Morgan fingerprint density at radius 2 is 1.42 bits per heavy atom. The monoisotopic (exact) mass is 536 g/mol. The third-order valence-corrected chi connectivity index (χ3v) is 8.93. The molecule has 1 saturated carbocycles. The van der Waals surface area contributed by atoms with Crippen LogP contribution < -0.4 is 0 Å². The summed E-state index contributed by atoms with van der Waals surface area (Å²) >= 11 is 0. The number of amides is 1.